The van der Waals surface area contributed by atoms with Gasteiger partial charge in [-0.25, -0.2) is 0 Å². The van der Waals surface area contributed by atoms with Gasteiger partial charge in [-0.3, -0.25) is 4.79 Å². The van der Waals surface area contributed by atoms with E-state index >= 15 is 0 Å². The van der Waals surface area contributed by atoms with E-state index in [1.807, 2.05) is 6.92 Å². The SMILES string of the molecule is CC1=C2CC3C=CC2(NC1=O)c1ccccc13. The molecule has 1 heterocycles. The Bertz CT molecular complexity index is 611. The number of allylic oxidation sites excluding steroid dienone is 1. The second-order valence-electron chi connectivity index (χ2n) is 5.12. The lowest BCUT2D eigenvalue weighted by Crippen LogP contribution is -2.45. The standard InChI is InChI=1S/C15H13NO/c1-9-13-8-10-6-7-15(13,16-14(9)17)12-5-3-2-4-11(10)12/h2-7,10H,8H2,1H3,(H,16,17). The van der Waals surface area contributed by atoms with Crippen molar-refractivity contribution >= 4 is 5.91 Å². The van der Waals surface area contributed by atoms with Gasteiger partial charge < -0.3 is 5.32 Å². The molecule has 1 amide bonds. The molecule has 1 spiro atoms. The summed E-state index contributed by atoms with van der Waals surface area (Å²) in [5.74, 6) is 0.535. The van der Waals surface area contributed by atoms with Crippen molar-refractivity contribution in [3.63, 3.8) is 0 Å². The molecule has 2 atom stereocenters. The molecule has 84 valence electrons. The summed E-state index contributed by atoms with van der Waals surface area (Å²) in [5.41, 5.74) is 4.49. The highest BCUT2D eigenvalue weighted by Gasteiger charge is 2.50. The fourth-order valence-corrected chi connectivity index (χ4v) is 3.50. The van der Waals surface area contributed by atoms with Crippen molar-refractivity contribution in [2.24, 2.45) is 0 Å². The summed E-state index contributed by atoms with van der Waals surface area (Å²) in [5, 5.41) is 3.16. The number of carbonyl (C=O) groups is 1. The number of rotatable bonds is 0. The summed E-state index contributed by atoms with van der Waals surface area (Å²) in [6.07, 6.45) is 5.40. The Labute approximate surface area is 100 Å². The third-order valence-electron chi connectivity index (χ3n) is 4.37. The van der Waals surface area contributed by atoms with Crippen LogP contribution in [0.1, 0.15) is 30.4 Å². The number of carbonyl (C=O) groups excluding carboxylic acids is 1. The molecule has 0 saturated heterocycles. The molecular formula is C15H13NO. The fourth-order valence-electron chi connectivity index (χ4n) is 3.50. The zero-order chi connectivity index (χ0) is 11.6. The average molecular weight is 223 g/mol. The molecule has 0 saturated carbocycles. The lowest BCUT2D eigenvalue weighted by molar-refractivity contribution is -0.117. The van der Waals surface area contributed by atoms with Gasteiger partial charge in [-0.1, -0.05) is 36.4 Å². The topological polar surface area (TPSA) is 29.1 Å². The van der Waals surface area contributed by atoms with Crippen LogP contribution in [-0.2, 0) is 10.3 Å². The Balaban J connectivity index is 2.08. The van der Waals surface area contributed by atoms with Crippen LogP contribution in [0.3, 0.4) is 0 Å². The molecule has 1 aliphatic heterocycles. The lowest BCUT2D eigenvalue weighted by Gasteiger charge is -2.43. The van der Waals surface area contributed by atoms with Gasteiger partial charge >= 0.3 is 0 Å². The average Bonchev–Trinajstić information content (AvgIpc) is 2.63. The molecule has 0 radical (unpaired) electrons. The molecular weight excluding hydrogens is 210 g/mol. The van der Waals surface area contributed by atoms with E-state index in [4.69, 9.17) is 0 Å². The van der Waals surface area contributed by atoms with E-state index in [0.29, 0.717) is 5.92 Å². The van der Waals surface area contributed by atoms with E-state index < -0.39 is 0 Å². The molecule has 2 bridgehead atoms. The van der Waals surface area contributed by atoms with Gasteiger partial charge in [0.25, 0.3) is 0 Å². The Morgan fingerprint density at radius 2 is 2.18 bits per heavy atom. The number of hydrogen-bond donors (Lipinski definition) is 1. The smallest absolute Gasteiger partial charge is 0.248 e. The van der Waals surface area contributed by atoms with Crippen molar-refractivity contribution in [3.8, 4) is 0 Å². The summed E-state index contributed by atoms with van der Waals surface area (Å²) < 4.78 is 0. The van der Waals surface area contributed by atoms with Gasteiger partial charge in [0.2, 0.25) is 5.91 Å². The van der Waals surface area contributed by atoms with E-state index in [-0.39, 0.29) is 11.4 Å². The normalized spacial score (nSPS) is 32.5. The molecule has 0 fully saturated rings. The maximum Gasteiger partial charge on any atom is 0.248 e. The minimum absolute atomic E-state index is 0.0852. The molecule has 1 aromatic rings. The number of benzene rings is 1. The number of amides is 1. The van der Waals surface area contributed by atoms with Crippen LogP contribution in [0, 0.1) is 0 Å². The molecule has 3 aliphatic carbocycles. The van der Waals surface area contributed by atoms with Gasteiger partial charge in [0.1, 0.15) is 5.54 Å². The zero-order valence-electron chi connectivity index (χ0n) is 9.66. The molecule has 17 heavy (non-hydrogen) atoms. The third-order valence-corrected chi connectivity index (χ3v) is 4.37. The summed E-state index contributed by atoms with van der Waals surface area (Å²) in [6, 6.07) is 8.46. The first-order valence-electron chi connectivity index (χ1n) is 6.04. The first kappa shape index (κ1) is 9.23. The minimum atomic E-state index is -0.327. The van der Waals surface area contributed by atoms with Crippen molar-refractivity contribution in [2.75, 3.05) is 0 Å². The maximum atomic E-state index is 11.9. The molecule has 2 unspecified atom stereocenters. The van der Waals surface area contributed by atoms with Gasteiger partial charge in [-0.05, 0) is 30.0 Å². The summed E-state index contributed by atoms with van der Waals surface area (Å²) in [7, 11) is 0. The number of nitrogens with one attached hydrogen (secondary N) is 1. The predicted octanol–water partition coefficient (Wildman–Crippen LogP) is 2.39. The van der Waals surface area contributed by atoms with Crippen LogP contribution < -0.4 is 5.32 Å². The van der Waals surface area contributed by atoms with Crippen LogP contribution in [0.5, 0.6) is 0 Å². The molecule has 5 rings (SSSR count). The monoisotopic (exact) mass is 223 g/mol. The lowest BCUT2D eigenvalue weighted by atomic mass is 9.64. The van der Waals surface area contributed by atoms with E-state index in [1.54, 1.807) is 0 Å². The fraction of sp³-hybridized carbons (Fsp3) is 0.267. The Kier molecular flexibility index (Phi) is 1.47. The van der Waals surface area contributed by atoms with Crippen LogP contribution in [0.2, 0.25) is 0 Å². The van der Waals surface area contributed by atoms with Gasteiger partial charge in [-0.15, -0.1) is 0 Å². The van der Waals surface area contributed by atoms with Crippen LogP contribution in [0.25, 0.3) is 0 Å². The van der Waals surface area contributed by atoms with Crippen LogP contribution in [0.15, 0.2) is 47.6 Å². The second-order valence-corrected chi connectivity index (χ2v) is 5.12. The van der Waals surface area contributed by atoms with Crippen LogP contribution in [-0.4, -0.2) is 5.91 Å². The molecule has 4 aliphatic rings. The summed E-state index contributed by atoms with van der Waals surface area (Å²) in [4.78, 5) is 11.9. The molecule has 2 nitrogen and oxygen atoms in total. The van der Waals surface area contributed by atoms with Crippen molar-refractivity contribution in [3.05, 3.63) is 58.7 Å². The Morgan fingerprint density at radius 1 is 1.35 bits per heavy atom. The minimum Gasteiger partial charge on any atom is -0.335 e. The van der Waals surface area contributed by atoms with Gasteiger partial charge in [0, 0.05) is 11.5 Å². The van der Waals surface area contributed by atoms with E-state index in [2.05, 4.69) is 41.7 Å². The second kappa shape index (κ2) is 2.70. The van der Waals surface area contributed by atoms with Crippen LogP contribution in [0.4, 0.5) is 0 Å². The van der Waals surface area contributed by atoms with Crippen molar-refractivity contribution in [1.82, 2.24) is 5.32 Å². The van der Waals surface area contributed by atoms with E-state index in [1.165, 1.54) is 16.7 Å². The van der Waals surface area contributed by atoms with E-state index in [0.717, 1.165) is 12.0 Å². The molecule has 1 aromatic carbocycles. The summed E-state index contributed by atoms with van der Waals surface area (Å²) in [6.45, 7) is 1.94. The highest BCUT2D eigenvalue weighted by molar-refractivity contribution is 5.99. The van der Waals surface area contributed by atoms with Crippen LogP contribution >= 0.6 is 0 Å². The largest absolute Gasteiger partial charge is 0.335 e. The predicted molar refractivity (Wildman–Crippen MR) is 65.5 cm³/mol. The van der Waals surface area contributed by atoms with Gasteiger partial charge in [0.05, 0.1) is 0 Å². The van der Waals surface area contributed by atoms with Gasteiger partial charge in [-0.2, -0.15) is 0 Å². The Morgan fingerprint density at radius 3 is 3.06 bits per heavy atom. The first-order chi connectivity index (χ1) is 8.22. The van der Waals surface area contributed by atoms with Gasteiger partial charge in [0.15, 0.2) is 0 Å². The van der Waals surface area contributed by atoms with Crippen molar-refractivity contribution in [2.45, 2.75) is 24.8 Å². The number of hydrogen-bond acceptors (Lipinski definition) is 1. The van der Waals surface area contributed by atoms with Crippen molar-refractivity contribution < 1.29 is 4.79 Å². The highest BCUT2D eigenvalue weighted by atomic mass is 16.2. The quantitative estimate of drug-likeness (QED) is 0.672. The maximum absolute atomic E-state index is 11.9. The molecule has 0 aromatic heterocycles. The highest BCUT2D eigenvalue weighted by Crippen LogP contribution is 2.53. The van der Waals surface area contributed by atoms with E-state index in [9.17, 15) is 4.79 Å². The zero-order valence-corrected chi connectivity index (χ0v) is 9.66. The first-order valence-corrected chi connectivity index (χ1v) is 6.04. The Hall–Kier alpha value is -1.83. The third kappa shape index (κ3) is 0.904. The molecule has 2 heteroatoms. The van der Waals surface area contributed by atoms with Crippen molar-refractivity contribution in [1.29, 1.82) is 0 Å². The summed E-state index contributed by atoms with van der Waals surface area (Å²) >= 11 is 0. The molecule has 1 N–H and O–H groups in total.